The van der Waals surface area contributed by atoms with Crippen molar-refractivity contribution in [2.45, 2.75) is 0 Å². The monoisotopic (exact) mass is 513 g/mol. The zero-order valence-electron chi connectivity index (χ0n) is 17.6. The van der Waals surface area contributed by atoms with Crippen molar-refractivity contribution in [3.63, 3.8) is 0 Å². The van der Waals surface area contributed by atoms with E-state index in [2.05, 4.69) is 28.1 Å². The molecule has 0 atom stereocenters. The molecule has 0 spiro atoms. The molecule has 0 unspecified atom stereocenters. The van der Waals surface area contributed by atoms with Gasteiger partial charge in [0, 0.05) is 41.0 Å². The van der Waals surface area contributed by atoms with Crippen molar-refractivity contribution < 1.29 is 9.85 Å². The van der Waals surface area contributed by atoms with Crippen LogP contribution in [-0.4, -0.2) is 9.85 Å². The molecule has 5 aromatic rings. The van der Waals surface area contributed by atoms with Gasteiger partial charge >= 0.3 is 0 Å². The molecular formula is C26H16BrN3O4. The van der Waals surface area contributed by atoms with Crippen LogP contribution >= 0.6 is 15.9 Å². The molecule has 7 nitrogen and oxygen atoms in total. The number of fused-ring (bicyclic) bond motifs is 3. The Morgan fingerprint density at radius 3 is 1.38 bits per heavy atom. The number of hydrogen-bond donors (Lipinski definition) is 0. The molecule has 0 bridgehead atoms. The maximum Gasteiger partial charge on any atom is 0.269 e. The van der Waals surface area contributed by atoms with E-state index in [1.165, 1.54) is 24.3 Å². The van der Waals surface area contributed by atoms with Gasteiger partial charge in [0.25, 0.3) is 11.4 Å². The Kier molecular flexibility index (Phi) is 5.43. The lowest BCUT2D eigenvalue weighted by molar-refractivity contribution is -0.385. The molecule has 0 saturated heterocycles. The van der Waals surface area contributed by atoms with Gasteiger partial charge in [-0.1, -0.05) is 48.5 Å². The Morgan fingerprint density at radius 1 is 0.559 bits per heavy atom. The number of nitro groups is 2. The van der Waals surface area contributed by atoms with Crippen molar-refractivity contribution in [1.82, 2.24) is 0 Å². The van der Waals surface area contributed by atoms with Gasteiger partial charge in [-0.2, -0.15) is 0 Å². The molecule has 166 valence electrons. The summed E-state index contributed by atoms with van der Waals surface area (Å²) in [6.07, 6.45) is 0. The van der Waals surface area contributed by atoms with Gasteiger partial charge in [0.2, 0.25) is 0 Å². The molecule has 0 N–H and O–H groups in total. The number of hydrogen-bond acceptors (Lipinski definition) is 5. The van der Waals surface area contributed by atoms with Crippen molar-refractivity contribution in [3.8, 4) is 0 Å². The van der Waals surface area contributed by atoms with Crippen molar-refractivity contribution in [1.29, 1.82) is 0 Å². The first-order chi connectivity index (χ1) is 16.5. The van der Waals surface area contributed by atoms with Crippen LogP contribution in [0.15, 0.2) is 102 Å². The highest BCUT2D eigenvalue weighted by Crippen LogP contribution is 2.47. The number of non-ortho nitro benzene ring substituents is 2. The predicted octanol–water partition coefficient (Wildman–Crippen LogP) is 8.04. The molecule has 0 aliphatic carbocycles. The van der Waals surface area contributed by atoms with E-state index in [1.54, 1.807) is 24.3 Å². The highest BCUT2D eigenvalue weighted by atomic mass is 79.9. The minimum atomic E-state index is -0.443. The van der Waals surface area contributed by atoms with Crippen LogP contribution in [0, 0.1) is 20.2 Å². The van der Waals surface area contributed by atoms with Gasteiger partial charge in [0.15, 0.2) is 0 Å². The minimum Gasteiger partial charge on any atom is -0.309 e. The number of nitro benzene ring substituents is 2. The summed E-state index contributed by atoms with van der Waals surface area (Å²) in [5.41, 5.74) is 2.16. The molecule has 0 saturated carbocycles. The molecule has 0 radical (unpaired) electrons. The van der Waals surface area contributed by atoms with E-state index in [0.717, 1.165) is 31.7 Å². The van der Waals surface area contributed by atoms with Crippen LogP contribution in [0.4, 0.5) is 28.4 Å². The van der Waals surface area contributed by atoms with Crippen LogP contribution in [-0.2, 0) is 0 Å². The fourth-order valence-electron chi connectivity index (χ4n) is 4.15. The lowest BCUT2D eigenvalue weighted by atomic mass is 9.99. The van der Waals surface area contributed by atoms with Crippen molar-refractivity contribution in [2.75, 3.05) is 4.90 Å². The largest absolute Gasteiger partial charge is 0.309 e. The fraction of sp³-hybridized carbons (Fsp3) is 0. The van der Waals surface area contributed by atoms with Gasteiger partial charge in [-0.05, 0) is 56.4 Å². The average Bonchev–Trinajstić information content (AvgIpc) is 2.87. The summed E-state index contributed by atoms with van der Waals surface area (Å²) in [6, 6.07) is 28.6. The number of anilines is 3. The number of nitrogens with zero attached hydrogens (tertiary/aromatic N) is 3. The lowest BCUT2D eigenvalue weighted by Gasteiger charge is -2.28. The highest BCUT2D eigenvalue weighted by Gasteiger charge is 2.22. The van der Waals surface area contributed by atoms with Crippen molar-refractivity contribution in [3.05, 3.63) is 122 Å². The summed E-state index contributed by atoms with van der Waals surface area (Å²) < 4.78 is 0.846. The highest BCUT2D eigenvalue weighted by molar-refractivity contribution is 9.10. The number of halogens is 1. The second-order valence-corrected chi connectivity index (χ2v) is 8.43. The molecule has 0 aliphatic rings. The first kappa shape index (κ1) is 21.5. The Bertz CT molecular complexity index is 1510. The van der Waals surface area contributed by atoms with E-state index >= 15 is 0 Å². The Balaban J connectivity index is 1.84. The van der Waals surface area contributed by atoms with E-state index in [-0.39, 0.29) is 11.4 Å². The van der Waals surface area contributed by atoms with Gasteiger partial charge in [0.05, 0.1) is 20.0 Å². The van der Waals surface area contributed by atoms with E-state index in [9.17, 15) is 20.2 Å². The van der Waals surface area contributed by atoms with E-state index in [4.69, 9.17) is 0 Å². The maximum atomic E-state index is 11.2. The van der Waals surface area contributed by atoms with Crippen LogP contribution in [0.5, 0.6) is 0 Å². The second-order valence-electron chi connectivity index (χ2n) is 7.64. The lowest BCUT2D eigenvalue weighted by Crippen LogP contribution is -2.11. The zero-order valence-corrected chi connectivity index (χ0v) is 19.2. The molecular weight excluding hydrogens is 498 g/mol. The SMILES string of the molecule is O=[N+]([O-])c1ccc(N(c2ccc([N+](=O)[O-])cc2)c2c(Br)c3ccccc3c3ccccc23)cc1. The van der Waals surface area contributed by atoms with Gasteiger partial charge < -0.3 is 4.90 Å². The van der Waals surface area contributed by atoms with E-state index in [0.29, 0.717) is 11.4 Å². The third kappa shape index (κ3) is 3.64. The van der Waals surface area contributed by atoms with Crippen LogP contribution in [0.25, 0.3) is 21.5 Å². The molecule has 0 fully saturated rings. The predicted molar refractivity (Wildman–Crippen MR) is 137 cm³/mol. The molecule has 5 rings (SSSR count). The molecule has 8 heteroatoms. The summed E-state index contributed by atoms with van der Waals surface area (Å²) in [5.74, 6) is 0. The van der Waals surface area contributed by atoms with Crippen LogP contribution in [0.3, 0.4) is 0 Å². The number of rotatable bonds is 5. The normalized spacial score (nSPS) is 11.0. The summed E-state index contributed by atoms with van der Waals surface area (Å²) in [4.78, 5) is 23.5. The Hall–Kier alpha value is -4.30. The topological polar surface area (TPSA) is 89.5 Å². The van der Waals surface area contributed by atoms with Crippen LogP contribution < -0.4 is 4.90 Å². The van der Waals surface area contributed by atoms with Crippen LogP contribution in [0.1, 0.15) is 0 Å². The van der Waals surface area contributed by atoms with E-state index < -0.39 is 9.85 Å². The maximum absolute atomic E-state index is 11.2. The van der Waals surface area contributed by atoms with Gasteiger partial charge in [-0.25, -0.2) is 0 Å². The first-order valence-corrected chi connectivity index (χ1v) is 11.1. The molecule has 34 heavy (non-hydrogen) atoms. The molecule has 0 amide bonds. The third-order valence-electron chi connectivity index (χ3n) is 5.70. The molecule has 5 aromatic carbocycles. The summed E-state index contributed by atoms with van der Waals surface area (Å²) in [7, 11) is 0. The number of benzene rings is 5. The minimum absolute atomic E-state index is 0.0187. The van der Waals surface area contributed by atoms with Gasteiger partial charge in [0.1, 0.15) is 0 Å². The first-order valence-electron chi connectivity index (χ1n) is 10.3. The smallest absolute Gasteiger partial charge is 0.269 e. The molecule has 0 aliphatic heterocycles. The Morgan fingerprint density at radius 2 is 0.941 bits per heavy atom. The van der Waals surface area contributed by atoms with Gasteiger partial charge in [-0.15, -0.1) is 0 Å². The zero-order chi connectivity index (χ0) is 23.8. The quantitative estimate of drug-likeness (QED) is 0.135. The summed E-state index contributed by atoms with van der Waals surface area (Å²) >= 11 is 3.82. The summed E-state index contributed by atoms with van der Waals surface area (Å²) in [6.45, 7) is 0. The average molecular weight is 514 g/mol. The van der Waals surface area contributed by atoms with Crippen LogP contribution in [0.2, 0.25) is 0 Å². The summed E-state index contributed by atoms with van der Waals surface area (Å²) in [5, 5.41) is 26.5. The van der Waals surface area contributed by atoms with E-state index in [1.807, 2.05) is 41.3 Å². The Labute approximate surface area is 202 Å². The molecule has 0 aromatic heterocycles. The standard InChI is InChI=1S/C26H16BrN3O4/c27-25-23-7-3-1-5-21(23)22-6-2-4-8-24(22)26(25)28(17-9-13-19(14-10-17)29(31)32)18-11-15-20(16-12-18)30(33)34/h1-16H. The second kappa shape index (κ2) is 8.57. The van der Waals surface area contributed by atoms with Gasteiger partial charge in [-0.3, -0.25) is 20.2 Å². The molecule has 0 heterocycles. The fourth-order valence-corrected chi connectivity index (χ4v) is 4.89. The van der Waals surface area contributed by atoms with Crippen molar-refractivity contribution in [2.24, 2.45) is 0 Å². The van der Waals surface area contributed by atoms with Crippen molar-refractivity contribution >= 4 is 65.9 Å². The third-order valence-corrected chi connectivity index (χ3v) is 6.51.